The Morgan fingerprint density at radius 3 is 2.10 bits per heavy atom. The zero-order chi connectivity index (χ0) is 13.8. The largest absolute Gasteiger partial charge is 0.388 e. The van der Waals surface area contributed by atoms with Gasteiger partial charge in [0.2, 0.25) is 0 Å². The lowest BCUT2D eigenvalue weighted by molar-refractivity contribution is 0.0651. The van der Waals surface area contributed by atoms with Gasteiger partial charge in [-0.1, -0.05) is 18.6 Å². The van der Waals surface area contributed by atoms with E-state index >= 15 is 0 Å². The Morgan fingerprint density at radius 1 is 1.05 bits per heavy atom. The summed E-state index contributed by atoms with van der Waals surface area (Å²) < 4.78 is 0. The summed E-state index contributed by atoms with van der Waals surface area (Å²) in [5.74, 6) is -0.222. The summed E-state index contributed by atoms with van der Waals surface area (Å²) >= 11 is 0. The van der Waals surface area contributed by atoms with E-state index in [0.717, 1.165) is 19.3 Å². The first-order valence-corrected chi connectivity index (χ1v) is 6.39. The first kappa shape index (κ1) is 16.2. The van der Waals surface area contributed by atoms with E-state index in [1.807, 2.05) is 0 Å². The minimum atomic E-state index is -0.202. The van der Waals surface area contributed by atoms with Crippen LogP contribution in [-0.2, 0) is 0 Å². The molecule has 2 amide bonds. The third-order valence-corrected chi connectivity index (χ3v) is 3.21. The summed E-state index contributed by atoms with van der Waals surface area (Å²) in [7, 11) is 0. The number of unbranched alkanes of at least 4 members (excludes halogenated alkanes) is 2. The molecule has 1 aromatic rings. The Morgan fingerprint density at radius 2 is 1.60 bits per heavy atom. The minimum absolute atomic E-state index is 0. The molecular weight excluding hydrogens is 278 g/mol. The Bertz CT molecular complexity index is 496. The highest BCUT2D eigenvalue weighted by Crippen LogP contribution is 2.22. The van der Waals surface area contributed by atoms with Crippen molar-refractivity contribution in [3.8, 4) is 0 Å². The van der Waals surface area contributed by atoms with Crippen LogP contribution >= 0.6 is 12.4 Å². The van der Waals surface area contributed by atoms with Gasteiger partial charge in [0.05, 0.1) is 17.0 Å². The Balaban J connectivity index is 0.00000200. The fourth-order valence-electron chi connectivity index (χ4n) is 2.20. The van der Waals surface area contributed by atoms with Crippen molar-refractivity contribution in [2.75, 3.05) is 6.54 Å². The van der Waals surface area contributed by atoms with Crippen molar-refractivity contribution in [3.05, 3.63) is 35.4 Å². The second-order valence-corrected chi connectivity index (χ2v) is 4.64. The number of benzene rings is 1. The third kappa shape index (κ3) is 3.36. The second kappa shape index (κ2) is 7.05. The van der Waals surface area contributed by atoms with Gasteiger partial charge >= 0.3 is 0 Å². The van der Waals surface area contributed by atoms with Gasteiger partial charge in [-0.25, -0.2) is 0 Å². The monoisotopic (exact) mass is 295 g/mol. The summed E-state index contributed by atoms with van der Waals surface area (Å²) in [4.78, 5) is 25.4. The molecule has 6 heteroatoms. The molecule has 0 spiro atoms. The van der Waals surface area contributed by atoms with Crippen LogP contribution in [0.5, 0.6) is 0 Å². The predicted octanol–water partition coefficient (Wildman–Crippen LogP) is 2.20. The lowest BCUT2D eigenvalue weighted by Crippen LogP contribution is -2.30. The topological polar surface area (TPSA) is 87.2 Å². The van der Waals surface area contributed by atoms with Gasteiger partial charge in [0.15, 0.2) is 0 Å². The van der Waals surface area contributed by atoms with Crippen molar-refractivity contribution in [2.45, 2.75) is 25.7 Å². The molecule has 0 aromatic heterocycles. The van der Waals surface area contributed by atoms with Gasteiger partial charge < -0.3 is 5.73 Å². The normalized spacial score (nSPS) is 13.1. The number of rotatable bonds is 6. The lowest BCUT2D eigenvalue weighted by atomic mass is 10.1. The zero-order valence-electron chi connectivity index (χ0n) is 11.1. The molecule has 0 radical (unpaired) electrons. The molecule has 0 bridgehead atoms. The highest BCUT2D eigenvalue weighted by Gasteiger charge is 2.34. The average molecular weight is 296 g/mol. The molecular formula is C14H18ClN3O2. The van der Waals surface area contributed by atoms with E-state index in [1.54, 1.807) is 24.3 Å². The highest BCUT2D eigenvalue weighted by atomic mass is 35.5. The van der Waals surface area contributed by atoms with Crippen molar-refractivity contribution in [2.24, 2.45) is 5.73 Å². The van der Waals surface area contributed by atoms with Crippen LogP contribution in [0, 0.1) is 5.41 Å². The summed E-state index contributed by atoms with van der Waals surface area (Å²) in [6, 6.07) is 6.90. The number of carbonyl (C=O) groups excluding carboxylic acids is 2. The van der Waals surface area contributed by atoms with Crippen LogP contribution in [-0.4, -0.2) is 29.1 Å². The molecule has 5 nitrogen and oxygen atoms in total. The maximum atomic E-state index is 12.0. The number of nitrogens with zero attached hydrogens (tertiary/aromatic N) is 1. The molecule has 1 aliphatic heterocycles. The number of imide groups is 1. The maximum absolute atomic E-state index is 12.0. The SMILES string of the molecule is Cl.N=C(N)CCCCCN1C(=O)c2ccccc2C1=O. The molecule has 2 rings (SSSR count). The van der Waals surface area contributed by atoms with E-state index in [1.165, 1.54) is 4.90 Å². The third-order valence-electron chi connectivity index (χ3n) is 3.21. The molecule has 108 valence electrons. The summed E-state index contributed by atoms with van der Waals surface area (Å²) in [5, 5.41) is 7.11. The number of carbonyl (C=O) groups is 2. The summed E-state index contributed by atoms with van der Waals surface area (Å²) in [6.45, 7) is 0.435. The van der Waals surface area contributed by atoms with Crippen LogP contribution in [0.4, 0.5) is 0 Å². The quantitative estimate of drug-likeness (QED) is 0.365. The van der Waals surface area contributed by atoms with E-state index < -0.39 is 0 Å². The molecule has 1 aliphatic rings. The lowest BCUT2D eigenvalue weighted by Gasteiger charge is -2.13. The molecule has 20 heavy (non-hydrogen) atoms. The number of fused-ring (bicyclic) bond motifs is 1. The van der Waals surface area contributed by atoms with Crippen LogP contribution < -0.4 is 5.73 Å². The molecule has 0 fully saturated rings. The second-order valence-electron chi connectivity index (χ2n) is 4.64. The van der Waals surface area contributed by atoms with E-state index in [0.29, 0.717) is 24.1 Å². The van der Waals surface area contributed by atoms with E-state index in [2.05, 4.69) is 0 Å². The van der Waals surface area contributed by atoms with E-state index in [4.69, 9.17) is 11.1 Å². The van der Waals surface area contributed by atoms with Crippen LogP contribution in [0.3, 0.4) is 0 Å². The molecule has 0 saturated carbocycles. The van der Waals surface area contributed by atoms with Crippen LogP contribution in [0.15, 0.2) is 24.3 Å². The van der Waals surface area contributed by atoms with Crippen molar-refractivity contribution in [3.63, 3.8) is 0 Å². The molecule has 0 unspecified atom stereocenters. The van der Waals surface area contributed by atoms with Gasteiger partial charge in [0.1, 0.15) is 0 Å². The maximum Gasteiger partial charge on any atom is 0.261 e. The van der Waals surface area contributed by atoms with Crippen LogP contribution in [0.25, 0.3) is 0 Å². The number of halogens is 1. The van der Waals surface area contributed by atoms with Crippen molar-refractivity contribution in [1.82, 2.24) is 4.90 Å². The average Bonchev–Trinajstić information content (AvgIpc) is 2.63. The van der Waals surface area contributed by atoms with Crippen molar-refractivity contribution in [1.29, 1.82) is 5.41 Å². The van der Waals surface area contributed by atoms with Crippen LogP contribution in [0.1, 0.15) is 46.4 Å². The number of amidine groups is 1. The first-order valence-electron chi connectivity index (χ1n) is 6.39. The zero-order valence-corrected chi connectivity index (χ0v) is 11.9. The Labute approximate surface area is 124 Å². The fraction of sp³-hybridized carbons (Fsp3) is 0.357. The van der Waals surface area contributed by atoms with E-state index in [9.17, 15) is 9.59 Å². The van der Waals surface area contributed by atoms with Gasteiger partial charge in [-0.3, -0.25) is 19.9 Å². The molecule has 1 aromatic carbocycles. The van der Waals surface area contributed by atoms with E-state index in [-0.39, 0.29) is 30.1 Å². The number of hydrogen-bond donors (Lipinski definition) is 2. The van der Waals surface area contributed by atoms with Gasteiger partial charge in [0, 0.05) is 13.0 Å². The van der Waals surface area contributed by atoms with Gasteiger partial charge in [-0.05, 0) is 25.0 Å². The molecule has 1 heterocycles. The number of amides is 2. The number of hydrogen-bond acceptors (Lipinski definition) is 3. The number of nitrogens with one attached hydrogen (secondary N) is 1. The summed E-state index contributed by atoms with van der Waals surface area (Å²) in [6.07, 6.45) is 2.99. The van der Waals surface area contributed by atoms with Crippen molar-refractivity contribution >= 4 is 30.1 Å². The standard InChI is InChI=1S/C14H17N3O2.ClH/c15-12(16)8-2-1-5-9-17-13(18)10-6-3-4-7-11(10)14(17)19;/h3-4,6-7H,1-2,5,8-9H2,(H3,15,16);1H. The number of nitrogens with two attached hydrogens (primary N) is 1. The van der Waals surface area contributed by atoms with Crippen LogP contribution in [0.2, 0.25) is 0 Å². The van der Waals surface area contributed by atoms with Gasteiger partial charge in [-0.15, -0.1) is 12.4 Å². The van der Waals surface area contributed by atoms with Gasteiger partial charge in [0.25, 0.3) is 11.8 Å². The van der Waals surface area contributed by atoms with Crippen molar-refractivity contribution < 1.29 is 9.59 Å². The summed E-state index contributed by atoms with van der Waals surface area (Å²) in [5.41, 5.74) is 6.26. The molecule has 0 saturated heterocycles. The molecule has 0 atom stereocenters. The van der Waals surface area contributed by atoms with Gasteiger partial charge in [-0.2, -0.15) is 0 Å². The smallest absolute Gasteiger partial charge is 0.261 e. The predicted molar refractivity (Wildman–Crippen MR) is 79.4 cm³/mol. The Hall–Kier alpha value is -1.88. The Kier molecular flexibility index (Phi) is 5.70. The fourth-order valence-corrected chi connectivity index (χ4v) is 2.20. The molecule has 0 aliphatic carbocycles. The minimum Gasteiger partial charge on any atom is -0.388 e. The first-order chi connectivity index (χ1) is 9.11. The highest BCUT2D eigenvalue weighted by molar-refractivity contribution is 6.21. The molecule has 3 N–H and O–H groups in total.